The minimum atomic E-state index is 0.484. The fourth-order valence-electron chi connectivity index (χ4n) is 0.678. The molecule has 10 heavy (non-hydrogen) atoms. The van der Waals surface area contributed by atoms with E-state index in [0.29, 0.717) is 6.01 Å². The molecule has 2 heterocycles. The quantitative estimate of drug-likeness (QED) is 0.575. The molecule has 4 nitrogen and oxygen atoms in total. The minimum absolute atomic E-state index is 0.484. The summed E-state index contributed by atoms with van der Waals surface area (Å²) >= 11 is 0. The van der Waals surface area contributed by atoms with E-state index < -0.39 is 0 Å². The van der Waals surface area contributed by atoms with Crippen molar-refractivity contribution in [1.29, 1.82) is 0 Å². The molecule has 0 saturated heterocycles. The first kappa shape index (κ1) is 5.22. The molecule has 0 bridgehead atoms. The summed E-state index contributed by atoms with van der Waals surface area (Å²) in [5.74, 6) is 0. The number of oxazole rings is 1. The van der Waals surface area contributed by atoms with Crippen molar-refractivity contribution in [1.82, 2.24) is 14.5 Å². The first-order chi connectivity index (χ1) is 4.97. The predicted octanol–water partition coefficient (Wildman–Crippen LogP) is 0.660. The fraction of sp³-hybridized carbons (Fsp3) is 0. The van der Waals surface area contributed by atoms with Gasteiger partial charge in [0.1, 0.15) is 18.8 Å². The Kier molecular flexibility index (Phi) is 1.04. The molecule has 0 aliphatic heterocycles. The molecule has 0 N–H and O–H groups in total. The second-order valence-electron chi connectivity index (χ2n) is 1.73. The highest BCUT2D eigenvalue weighted by Gasteiger charge is 1.96. The van der Waals surface area contributed by atoms with Gasteiger partial charge in [-0.1, -0.05) is 0 Å². The molecule has 1 radical (unpaired) electrons. The lowest BCUT2D eigenvalue weighted by Crippen LogP contribution is -1.87. The van der Waals surface area contributed by atoms with E-state index in [1.807, 2.05) is 0 Å². The van der Waals surface area contributed by atoms with Crippen LogP contribution in [0, 0.1) is 6.20 Å². The molecular weight excluding hydrogens is 130 g/mol. The molecule has 0 fully saturated rings. The first-order valence-corrected chi connectivity index (χ1v) is 2.77. The van der Waals surface area contributed by atoms with E-state index >= 15 is 0 Å². The third kappa shape index (κ3) is 0.699. The Bertz CT molecular complexity index is 252. The molecule has 49 valence electrons. The van der Waals surface area contributed by atoms with E-state index in [0.717, 1.165) is 0 Å². The van der Waals surface area contributed by atoms with Crippen molar-refractivity contribution in [3.05, 3.63) is 31.2 Å². The maximum absolute atomic E-state index is 4.93. The number of aromatic nitrogens is 3. The van der Waals surface area contributed by atoms with Crippen LogP contribution in [0.4, 0.5) is 0 Å². The lowest BCUT2D eigenvalue weighted by atomic mass is 10.9. The van der Waals surface area contributed by atoms with E-state index in [9.17, 15) is 0 Å². The van der Waals surface area contributed by atoms with Gasteiger partial charge >= 0.3 is 6.01 Å². The van der Waals surface area contributed by atoms with Crippen molar-refractivity contribution in [2.75, 3.05) is 0 Å². The highest BCUT2D eigenvalue weighted by atomic mass is 16.4. The summed E-state index contributed by atoms with van der Waals surface area (Å²) in [6.07, 6.45) is 8.97. The first-order valence-electron chi connectivity index (χ1n) is 2.77. The molecule has 0 aliphatic carbocycles. The van der Waals surface area contributed by atoms with Gasteiger partial charge in [-0.3, -0.25) is 4.57 Å². The smallest absolute Gasteiger partial charge is 0.307 e. The van der Waals surface area contributed by atoms with E-state index in [1.54, 1.807) is 23.3 Å². The zero-order valence-electron chi connectivity index (χ0n) is 5.06. The van der Waals surface area contributed by atoms with E-state index in [2.05, 4.69) is 16.2 Å². The molecular formula is C6H4N3O. The lowest BCUT2D eigenvalue weighted by molar-refractivity contribution is 0.527. The summed E-state index contributed by atoms with van der Waals surface area (Å²) in [6.45, 7) is 0. The average Bonchev–Trinajstić information content (AvgIpc) is 2.59. The van der Waals surface area contributed by atoms with Crippen LogP contribution < -0.4 is 0 Å². The van der Waals surface area contributed by atoms with Crippen LogP contribution in [0.25, 0.3) is 6.01 Å². The third-order valence-electron chi connectivity index (χ3n) is 1.10. The van der Waals surface area contributed by atoms with E-state index in [1.165, 1.54) is 6.26 Å². The zero-order chi connectivity index (χ0) is 6.81. The van der Waals surface area contributed by atoms with Gasteiger partial charge < -0.3 is 4.42 Å². The maximum Gasteiger partial charge on any atom is 0.307 e. The minimum Gasteiger partial charge on any atom is -0.431 e. The van der Waals surface area contributed by atoms with Crippen molar-refractivity contribution in [3.63, 3.8) is 0 Å². The summed E-state index contributed by atoms with van der Waals surface area (Å²) in [6, 6.07) is 0.484. The van der Waals surface area contributed by atoms with Crippen LogP contribution in [0.3, 0.4) is 0 Å². The Balaban J connectivity index is 2.48. The normalized spacial score (nSPS) is 10.0. The van der Waals surface area contributed by atoms with Crippen molar-refractivity contribution >= 4 is 0 Å². The molecule has 2 aromatic heterocycles. The highest BCUT2D eigenvalue weighted by Crippen LogP contribution is 2.00. The van der Waals surface area contributed by atoms with Gasteiger partial charge in [0.2, 0.25) is 0 Å². The number of hydrogen-bond donors (Lipinski definition) is 0. The SMILES string of the molecule is [c]1coc(-n2ccnc2)n1. The molecule has 0 aromatic carbocycles. The lowest BCUT2D eigenvalue weighted by Gasteiger charge is -1.89. The molecule has 0 aliphatic rings. The topological polar surface area (TPSA) is 43.9 Å². The van der Waals surface area contributed by atoms with Crippen LogP contribution in [0.5, 0.6) is 0 Å². The van der Waals surface area contributed by atoms with Crippen LogP contribution >= 0.6 is 0 Å². The molecule has 2 rings (SSSR count). The van der Waals surface area contributed by atoms with Gasteiger partial charge in [0, 0.05) is 12.4 Å². The van der Waals surface area contributed by atoms with Crippen molar-refractivity contribution < 1.29 is 4.42 Å². The van der Waals surface area contributed by atoms with Crippen LogP contribution in [-0.2, 0) is 0 Å². The van der Waals surface area contributed by atoms with Crippen molar-refractivity contribution in [2.24, 2.45) is 0 Å². The molecule has 0 saturated carbocycles. The van der Waals surface area contributed by atoms with Crippen molar-refractivity contribution in [2.45, 2.75) is 0 Å². The third-order valence-corrected chi connectivity index (χ3v) is 1.10. The second-order valence-corrected chi connectivity index (χ2v) is 1.73. The summed E-state index contributed by atoms with van der Waals surface area (Å²) in [7, 11) is 0. The van der Waals surface area contributed by atoms with Crippen LogP contribution in [0.1, 0.15) is 0 Å². The molecule has 0 atom stereocenters. The molecule has 0 spiro atoms. The Labute approximate surface area is 57.1 Å². The van der Waals surface area contributed by atoms with Crippen molar-refractivity contribution in [3.8, 4) is 6.01 Å². The second kappa shape index (κ2) is 1.98. The van der Waals surface area contributed by atoms with Gasteiger partial charge in [0.15, 0.2) is 0 Å². The number of hydrogen-bond acceptors (Lipinski definition) is 3. The molecule has 0 amide bonds. The monoisotopic (exact) mass is 134 g/mol. The number of nitrogens with zero attached hydrogens (tertiary/aromatic N) is 3. The van der Waals surface area contributed by atoms with Crippen LogP contribution in [0.2, 0.25) is 0 Å². The van der Waals surface area contributed by atoms with E-state index in [4.69, 9.17) is 4.42 Å². The van der Waals surface area contributed by atoms with Gasteiger partial charge in [0.05, 0.1) is 0 Å². The maximum atomic E-state index is 4.93. The van der Waals surface area contributed by atoms with Gasteiger partial charge in [-0.25, -0.2) is 4.98 Å². The summed E-state index contributed by atoms with van der Waals surface area (Å²) in [4.78, 5) is 7.62. The largest absolute Gasteiger partial charge is 0.431 e. The summed E-state index contributed by atoms with van der Waals surface area (Å²) < 4.78 is 6.60. The van der Waals surface area contributed by atoms with E-state index in [-0.39, 0.29) is 0 Å². The Morgan fingerprint density at radius 1 is 1.60 bits per heavy atom. The highest BCUT2D eigenvalue weighted by molar-refractivity contribution is 5.03. The van der Waals surface area contributed by atoms with Gasteiger partial charge in [-0.2, -0.15) is 4.98 Å². The molecule has 2 aromatic rings. The molecule has 0 unspecified atom stereocenters. The summed E-state index contributed by atoms with van der Waals surface area (Å²) in [5, 5.41) is 0. The van der Waals surface area contributed by atoms with Crippen LogP contribution in [-0.4, -0.2) is 14.5 Å². The summed E-state index contributed by atoms with van der Waals surface area (Å²) in [5.41, 5.74) is 0. The van der Waals surface area contributed by atoms with Gasteiger partial charge in [0.25, 0.3) is 0 Å². The Morgan fingerprint density at radius 2 is 2.60 bits per heavy atom. The zero-order valence-corrected chi connectivity index (χ0v) is 5.06. The predicted molar refractivity (Wildman–Crippen MR) is 32.5 cm³/mol. The van der Waals surface area contributed by atoms with Gasteiger partial charge in [-0.15, -0.1) is 0 Å². The fourth-order valence-corrected chi connectivity index (χ4v) is 0.678. The number of imidazole rings is 1. The van der Waals surface area contributed by atoms with Gasteiger partial charge in [-0.05, 0) is 0 Å². The Hall–Kier alpha value is -1.58. The molecule has 4 heteroatoms. The number of rotatable bonds is 1. The standard InChI is InChI=1S/C6H4N3O/c1-3-9(5-7-1)6-8-2-4-10-6/h1,3-5H. The van der Waals surface area contributed by atoms with Crippen LogP contribution in [0.15, 0.2) is 29.4 Å². The average molecular weight is 134 g/mol. The Morgan fingerprint density at radius 3 is 3.20 bits per heavy atom.